The van der Waals surface area contributed by atoms with Crippen LogP contribution in [-0.4, -0.2) is 27.2 Å². The lowest BCUT2D eigenvalue weighted by Gasteiger charge is -2.14. The molecule has 0 aromatic heterocycles. The molecule has 2 aromatic rings. The Morgan fingerprint density at radius 1 is 0.909 bits per heavy atom. The minimum Gasteiger partial charge on any atom is -0.496 e. The van der Waals surface area contributed by atoms with Crippen LogP contribution in [0.5, 0.6) is 17.2 Å². The minimum atomic E-state index is -0.141. The number of hydrogen-bond donors (Lipinski definition) is 1. The van der Waals surface area contributed by atoms with Crippen LogP contribution in [0.15, 0.2) is 42.5 Å². The Hall–Kier alpha value is -2.69. The first-order valence-electron chi connectivity index (χ1n) is 6.81. The molecular weight excluding hydrogens is 282 g/mol. The van der Waals surface area contributed by atoms with E-state index in [9.17, 15) is 4.79 Å². The zero-order chi connectivity index (χ0) is 15.9. The molecule has 0 aliphatic rings. The molecule has 0 radical (unpaired) electrons. The van der Waals surface area contributed by atoms with Gasteiger partial charge in [-0.2, -0.15) is 0 Å². The second-order valence-electron chi connectivity index (χ2n) is 4.57. The Labute approximate surface area is 129 Å². The molecule has 0 aliphatic carbocycles. The monoisotopic (exact) mass is 301 g/mol. The van der Waals surface area contributed by atoms with Crippen molar-refractivity contribution in [2.45, 2.75) is 6.54 Å². The van der Waals surface area contributed by atoms with Gasteiger partial charge in [0.15, 0.2) is 11.5 Å². The zero-order valence-electron chi connectivity index (χ0n) is 12.9. The molecule has 22 heavy (non-hydrogen) atoms. The number of benzene rings is 2. The van der Waals surface area contributed by atoms with Crippen LogP contribution in [-0.2, 0) is 6.54 Å². The summed E-state index contributed by atoms with van der Waals surface area (Å²) < 4.78 is 15.8. The third-order valence-corrected chi connectivity index (χ3v) is 3.26. The molecule has 0 saturated heterocycles. The Bertz CT molecular complexity index is 641. The van der Waals surface area contributed by atoms with Gasteiger partial charge in [0.1, 0.15) is 5.75 Å². The molecule has 0 spiro atoms. The number of carbonyl (C=O) groups is 1. The van der Waals surface area contributed by atoms with Crippen LogP contribution in [0, 0.1) is 0 Å². The number of amides is 1. The Balaban J connectivity index is 2.17. The Morgan fingerprint density at radius 3 is 2.09 bits per heavy atom. The van der Waals surface area contributed by atoms with E-state index in [0.29, 0.717) is 29.4 Å². The van der Waals surface area contributed by atoms with E-state index in [4.69, 9.17) is 14.2 Å². The average molecular weight is 301 g/mol. The molecule has 2 rings (SSSR count). The van der Waals surface area contributed by atoms with Crippen molar-refractivity contribution in [1.82, 2.24) is 5.32 Å². The summed E-state index contributed by atoms with van der Waals surface area (Å²) in [4.78, 5) is 12.1. The highest BCUT2D eigenvalue weighted by atomic mass is 16.5. The van der Waals surface area contributed by atoms with Gasteiger partial charge in [0.2, 0.25) is 0 Å². The van der Waals surface area contributed by atoms with E-state index in [1.54, 1.807) is 45.6 Å². The van der Waals surface area contributed by atoms with E-state index in [-0.39, 0.29) is 5.91 Å². The van der Waals surface area contributed by atoms with Crippen molar-refractivity contribution in [1.29, 1.82) is 0 Å². The summed E-state index contributed by atoms with van der Waals surface area (Å²) >= 11 is 0. The molecule has 2 aromatic carbocycles. The number of ether oxygens (including phenoxy) is 3. The summed E-state index contributed by atoms with van der Waals surface area (Å²) in [5.41, 5.74) is 1.42. The SMILES string of the molecule is COc1cc(OC)c(OC)cc1CNC(=O)c1ccccc1. The maximum atomic E-state index is 12.1. The second kappa shape index (κ2) is 7.36. The first-order valence-corrected chi connectivity index (χ1v) is 6.81. The molecule has 0 atom stereocenters. The van der Waals surface area contributed by atoms with E-state index in [2.05, 4.69) is 5.32 Å². The van der Waals surface area contributed by atoms with Crippen LogP contribution in [0.1, 0.15) is 15.9 Å². The van der Waals surface area contributed by atoms with Gasteiger partial charge in [-0.1, -0.05) is 18.2 Å². The fourth-order valence-corrected chi connectivity index (χ4v) is 2.10. The van der Waals surface area contributed by atoms with Crippen molar-refractivity contribution >= 4 is 5.91 Å². The highest BCUT2D eigenvalue weighted by molar-refractivity contribution is 5.94. The molecule has 0 unspecified atom stereocenters. The fourth-order valence-electron chi connectivity index (χ4n) is 2.10. The number of carbonyl (C=O) groups excluding carboxylic acids is 1. The smallest absolute Gasteiger partial charge is 0.251 e. The van der Waals surface area contributed by atoms with Gasteiger partial charge in [-0.3, -0.25) is 4.79 Å². The van der Waals surface area contributed by atoms with Gasteiger partial charge >= 0.3 is 0 Å². The molecule has 0 heterocycles. The average Bonchev–Trinajstić information content (AvgIpc) is 2.59. The van der Waals surface area contributed by atoms with Crippen LogP contribution in [0.3, 0.4) is 0 Å². The van der Waals surface area contributed by atoms with E-state index in [1.807, 2.05) is 18.2 Å². The largest absolute Gasteiger partial charge is 0.496 e. The number of rotatable bonds is 6. The summed E-state index contributed by atoms with van der Waals surface area (Å²) in [7, 11) is 4.70. The fraction of sp³-hybridized carbons (Fsp3) is 0.235. The molecular formula is C17H19NO4. The quantitative estimate of drug-likeness (QED) is 0.891. The lowest BCUT2D eigenvalue weighted by Crippen LogP contribution is -2.23. The van der Waals surface area contributed by atoms with E-state index >= 15 is 0 Å². The molecule has 1 amide bonds. The van der Waals surface area contributed by atoms with Crippen LogP contribution in [0.25, 0.3) is 0 Å². The van der Waals surface area contributed by atoms with Gasteiger partial charge in [-0.05, 0) is 18.2 Å². The van der Waals surface area contributed by atoms with Crippen LogP contribution >= 0.6 is 0 Å². The van der Waals surface area contributed by atoms with Gasteiger partial charge in [0.25, 0.3) is 5.91 Å². The first kappa shape index (κ1) is 15.7. The second-order valence-corrected chi connectivity index (χ2v) is 4.57. The van der Waals surface area contributed by atoms with Gasteiger partial charge in [0.05, 0.1) is 21.3 Å². The normalized spacial score (nSPS) is 9.95. The van der Waals surface area contributed by atoms with Crippen molar-refractivity contribution in [2.24, 2.45) is 0 Å². The summed E-state index contributed by atoms with van der Waals surface area (Å²) in [5.74, 6) is 1.66. The highest BCUT2D eigenvalue weighted by Crippen LogP contribution is 2.34. The number of methoxy groups -OCH3 is 3. The van der Waals surface area contributed by atoms with E-state index in [1.165, 1.54) is 0 Å². The van der Waals surface area contributed by atoms with Gasteiger partial charge in [-0.25, -0.2) is 0 Å². The topological polar surface area (TPSA) is 56.8 Å². The van der Waals surface area contributed by atoms with Crippen molar-refractivity contribution in [2.75, 3.05) is 21.3 Å². The first-order chi connectivity index (χ1) is 10.7. The predicted octanol–water partition coefficient (Wildman–Crippen LogP) is 2.64. The van der Waals surface area contributed by atoms with Crippen molar-refractivity contribution < 1.29 is 19.0 Å². The van der Waals surface area contributed by atoms with Gasteiger partial charge < -0.3 is 19.5 Å². The molecule has 5 nitrogen and oxygen atoms in total. The summed E-state index contributed by atoms with van der Waals surface area (Å²) in [6, 6.07) is 12.6. The number of nitrogens with one attached hydrogen (secondary N) is 1. The minimum absolute atomic E-state index is 0.141. The van der Waals surface area contributed by atoms with Gasteiger partial charge in [-0.15, -0.1) is 0 Å². The molecule has 0 fully saturated rings. The Morgan fingerprint density at radius 2 is 1.50 bits per heavy atom. The van der Waals surface area contributed by atoms with Crippen LogP contribution in [0.4, 0.5) is 0 Å². The summed E-state index contributed by atoms with van der Waals surface area (Å²) in [6.45, 7) is 0.331. The summed E-state index contributed by atoms with van der Waals surface area (Å²) in [6.07, 6.45) is 0. The zero-order valence-corrected chi connectivity index (χ0v) is 12.9. The standard InChI is InChI=1S/C17H19NO4/c1-20-14-10-16(22-3)15(21-2)9-13(14)11-18-17(19)12-7-5-4-6-8-12/h4-10H,11H2,1-3H3,(H,18,19). The van der Waals surface area contributed by atoms with Crippen molar-refractivity contribution in [3.63, 3.8) is 0 Å². The highest BCUT2D eigenvalue weighted by Gasteiger charge is 2.13. The molecule has 116 valence electrons. The third kappa shape index (κ3) is 3.49. The van der Waals surface area contributed by atoms with Gasteiger partial charge in [0, 0.05) is 23.7 Å². The lowest BCUT2D eigenvalue weighted by atomic mass is 10.1. The molecule has 0 saturated carbocycles. The Kier molecular flexibility index (Phi) is 5.25. The number of hydrogen-bond acceptors (Lipinski definition) is 4. The van der Waals surface area contributed by atoms with E-state index < -0.39 is 0 Å². The van der Waals surface area contributed by atoms with Crippen LogP contribution in [0.2, 0.25) is 0 Å². The maximum Gasteiger partial charge on any atom is 0.251 e. The van der Waals surface area contributed by atoms with Crippen LogP contribution < -0.4 is 19.5 Å². The molecule has 5 heteroatoms. The molecule has 0 aliphatic heterocycles. The van der Waals surface area contributed by atoms with Crippen molar-refractivity contribution in [3.05, 3.63) is 53.6 Å². The maximum absolute atomic E-state index is 12.1. The molecule has 0 bridgehead atoms. The molecule has 1 N–H and O–H groups in total. The lowest BCUT2D eigenvalue weighted by molar-refractivity contribution is 0.0950. The third-order valence-electron chi connectivity index (χ3n) is 3.26. The van der Waals surface area contributed by atoms with Crippen molar-refractivity contribution in [3.8, 4) is 17.2 Å². The summed E-state index contributed by atoms with van der Waals surface area (Å²) in [5, 5.41) is 2.86. The predicted molar refractivity (Wildman–Crippen MR) is 83.7 cm³/mol. The van der Waals surface area contributed by atoms with E-state index in [0.717, 1.165) is 5.56 Å².